The lowest BCUT2D eigenvalue weighted by atomic mass is 10.3. The summed E-state index contributed by atoms with van der Waals surface area (Å²) < 4.78 is 0. The van der Waals surface area contributed by atoms with Gasteiger partial charge in [0.2, 0.25) is 0 Å². The maximum atomic E-state index is 10.0. The molecule has 1 amide bonds. The molecule has 0 bridgehead atoms. The number of nitrogens with two attached hydrogens (primary N) is 2. The molecule has 0 saturated carbocycles. The number of hydrogen-bond acceptors (Lipinski definition) is 3. The van der Waals surface area contributed by atoms with Crippen molar-refractivity contribution in [1.82, 2.24) is 0 Å². The zero-order valence-electron chi connectivity index (χ0n) is 4.13. The summed E-state index contributed by atoms with van der Waals surface area (Å²) in [5.74, 6) is -0.803. The van der Waals surface area contributed by atoms with E-state index in [1.54, 1.807) is 0 Å². The van der Waals surface area contributed by atoms with E-state index in [2.05, 4.69) is 5.73 Å². The molecule has 0 aromatic carbocycles. The molecule has 0 aliphatic carbocycles. The van der Waals surface area contributed by atoms with E-state index in [0.717, 1.165) is 6.20 Å². The van der Waals surface area contributed by atoms with Crippen LogP contribution < -0.4 is 11.5 Å². The van der Waals surface area contributed by atoms with Crippen LogP contribution in [0.4, 0.5) is 0 Å². The number of primary amides is 1. The van der Waals surface area contributed by atoms with Crippen LogP contribution in [0.5, 0.6) is 0 Å². The summed E-state index contributed by atoms with van der Waals surface area (Å²) in [5.41, 5.74) is 9.23. The Morgan fingerprint density at radius 1 is 1.50 bits per heavy atom. The lowest BCUT2D eigenvalue weighted by molar-refractivity contribution is -0.116. The van der Waals surface area contributed by atoms with E-state index in [1.165, 1.54) is 0 Å². The number of hydrogen-bond donors (Lipinski definition) is 2. The van der Waals surface area contributed by atoms with E-state index in [-0.39, 0.29) is 5.57 Å². The van der Waals surface area contributed by atoms with Crippen molar-refractivity contribution in [2.45, 2.75) is 0 Å². The minimum absolute atomic E-state index is 0.204. The molecule has 0 atom stereocenters. The third-order valence-electron chi connectivity index (χ3n) is 0.591. The number of rotatable bonds is 2. The summed E-state index contributed by atoms with van der Waals surface area (Å²) in [4.78, 5) is 19.7. The number of carbonyl (C=O) groups excluding carboxylic acids is 2. The summed E-state index contributed by atoms with van der Waals surface area (Å²) in [7, 11) is 0. The van der Waals surface area contributed by atoms with Gasteiger partial charge in [0.05, 0.1) is 5.57 Å². The van der Waals surface area contributed by atoms with E-state index in [1.807, 2.05) is 0 Å². The highest BCUT2D eigenvalue weighted by molar-refractivity contribution is 6.09. The van der Waals surface area contributed by atoms with Gasteiger partial charge >= 0.3 is 0 Å². The highest BCUT2D eigenvalue weighted by atomic mass is 16.2. The van der Waals surface area contributed by atoms with Gasteiger partial charge in [0, 0.05) is 6.20 Å². The largest absolute Gasteiger partial charge is 0.404 e. The number of amides is 1. The molecular formula is C4H6N2O2. The van der Waals surface area contributed by atoms with Crippen LogP contribution in [0.1, 0.15) is 0 Å². The van der Waals surface area contributed by atoms with Gasteiger partial charge in [-0.15, -0.1) is 0 Å². The summed E-state index contributed by atoms with van der Waals surface area (Å²) in [5, 5.41) is 0. The zero-order valence-corrected chi connectivity index (χ0v) is 4.13. The Labute approximate surface area is 46.1 Å². The third kappa shape index (κ3) is 1.42. The van der Waals surface area contributed by atoms with Crippen LogP contribution in [-0.2, 0) is 9.59 Å². The first-order valence-corrected chi connectivity index (χ1v) is 1.89. The number of carbonyl (C=O) groups is 2. The Kier molecular flexibility index (Phi) is 2.33. The second kappa shape index (κ2) is 2.79. The summed E-state index contributed by atoms with van der Waals surface area (Å²) in [6.07, 6.45) is 1.18. The molecule has 4 N–H and O–H groups in total. The van der Waals surface area contributed by atoms with E-state index >= 15 is 0 Å². The molecule has 0 saturated heterocycles. The Bertz CT molecular complexity index is 139. The second-order valence-electron chi connectivity index (χ2n) is 1.10. The van der Waals surface area contributed by atoms with E-state index in [0.29, 0.717) is 6.29 Å². The molecule has 4 heteroatoms. The molecule has 0 rings (SSSR count). The van der Waals surface area contributed by atoms with Gasteiger partial charge in [-0.05, 0) is 0 Å². The topological polar surface area (TPSA) is 86.2 Å². The molecule has 0 aliphatic heterocycles. The monoisotopic (exact) mass is 114 g/mol. The van der Waals surface area contributed by atoms with Crippen molar-refractivity contribution in [3.8, 4) is 0 Å². The average Bonchev–Trinajstić information content (AvgIpc) is 1.69. The minimum atomic E-state index is -0.803. The molecule has 0 aromatic heterocycles. The molecule has 44 valence electrons. The predicted octanol–water partition coefficient (Wildman–Crippen LogP) is -1.49. The van der Waals surface area contributed by atoms with Gasteiger partial charge in [0.25, 0.3) is 5.91 Å². The summed E-state index contributed by atoms with van der Waals surface area (Å²) in [6, 6.07) is 0. The molecular weight excluding hydrogens is 108 g/mol. The number of aldehydes is 1. The molecule has 8 heavy (non-hydrogen) atoms. The summed E-state index contributed by atoms with van der Waals surface area (Å²) in [6.45, 7) is 0. The fourth-order valence-corrected chi connectivity index (χ4v) is 0.179. The van der Waals surface area contributed by atoms with Crippen LogP contribution in [-0.4, -0.2) is 12.2 Å². The van der Waals surface area contributed by atoms with Gasteiger partial charge < -0.3 is 11.5 Å². The van der Waals surface area contributed by atoms with Crippen molar-refractivity contribution in [2.24, 2.45) is 11.5 Å². The fraction of sp³-hybridized carbons (Fsp3) is 0. The SMILES string of the molecule is NC=C(C=O)C(N)=O. The van der Waals surface area contributed by atoms with Gasteiger partial charge in [-0.2, -0.15) is 0 Å². The highest BCUT2D eigenvalue weighted by Crippen LogP contribution is 1.79. The van der Waals surface area contributed by atoms with Crippen molar-refractivity contribution >= 4 is 12.2 Å². The lowest BCUT2D eigenvalue weighted by Gasteiger charge is -1.84. The van der Waals surface area contributed by atoms with Crippen molar-refractivity contribution in [3.63, 3.8) is 0 Å². The van der Waals surface area contributed by atoms with Crippen molar-refractivity contribution in [1.29, 1.82) is 0 Å². The molecule has 4 nitrogen and oxygen atoms in total. The lowest BCUT2D eigenvalue weighted by Crippen LogP contribution is -2.15. The third-order valence-corrected chi connectivity index (χ3v) is 0.591. The Morgan fingerprint density at radius 2 is 2.00 bits per heavy atom. The molecule has 0 heterocycles. The van der Waals surface area contributed by atoms with E-state index in [4.69, 9.17) is 5.73 Å². The van der Waals surface area contributed by atoms with Crippen molar-refractivity contribution in [3.05, 3.63) is 11.8 Å². The highest BCUT2D eigenvalue weighted by Gasteiger charge is 1.98. The second-order valence-corrected chi connectivity index (χ2v) is 1.10. The maximum Gasteiger partial charge on any atom is 0.253 e. The fourth-order valence-electron chi connectivity index (χ4n) is 0.179. The Morgan fingerprint density at radius 3 is 2.00 bits per heavy atom. The quantitative estimate of drug-likeness (QED) is 0.198. The van der Waals surface area contributed by atoms with Gasteiger partial charge in [-0.1, -0.05) is 0 Å². The van der Waals surface area contributed by atoms with Gasteiger partial charge in [0.1, 0.15) is 0 Å². The minimum Gasteiger partial charge on any atom is -0.404 e. The van der Waals surface area contributed by atoms with Gasteiger partial charge in [-0.3, -0.25) is 9.59 Å². The molecule has 0 fully saturated rings. The zero-order chi connectivity index (χ0) is 6.57. The Hall–Kier alpha value is -1.32. The Balaban J connectivity index is 4.13. The van der Waals surface area contributed by atoms with Gasteiger partial charge in [0.15, 0.2) is 6.29 Å². The van der Waals surface area contributed by atoms with Crippen LogP contribution >= 0.6 is 0 Å². The van der Waals surface area contributed by atoms with Crippen molar-refractivity contribution < 1.29 is 9.59 Å². The molecule has 0 unspecified atom stereocenters. The van der Waals surface area contributed by atoms with Crippen LogP contribution in [0, 0.1) is 0 Å². The standard InChI is InChI=1S/C4H6N2O2/c5-1-3(2-7)4(6)8/h1-2H,5H2,(H2,6,8). The summed E-state index contributed by atoms with van der Waals surface area (Å²) >= 11 is 0. The van der Waals surface area contributed by atoms with Crippen molar-refractivity contribution in [2.75, 3.05) is 0 Å². The normalized spacial score (nSPS) is 10.8. The van der Waals surface area contributed by atoms with E-state index < -0.39 is 5.91 Å². The van der Waals surface area contributed by atoms with Crippen LogP contribution in [0.15, 0.2) is 11.8 Å². The van der Waals surface area contributed by atoms with Crippen LogP contribution in [0.3, 0.4) is 0 Å². The first kappa shape index (κ1) is 6.68. The predicted molar refractivity (Wildman–Crippen MR) is 27.5 cm³/mol. The molecule has 0 radical (unpaired) electrons. The van der Waals surface area contributed by atoms with Crippen LogP contribution in [0.2, 0.25) is 0 Å². The molecule has 0 aromatic rings. The average molecular weight is 114 g/mol. The smallest absolute Gasteiger partial charge is 0.253 e. The first-order valence-electron chi connectivity index (χ1n) is 1.89. The van der Waals surface area contributed by atoms with E-state index in [9.17, 15) is 9.59 Å². The van der Waals surface area contributed by atoms with Gasteiger partial charge in [-0.25, -0.2) is 0 Å². The molecule has 0 spiro atoms. The first-order chi connectivity index (χ1) is 3.72. The molecule has 0 aliphatic rings. The maximum absolute atomic E-state index is 10.0. The van der Waals surface area contributed by atoms with Crippen LogP contribution in [0.25, 0.3) is 0 Å².